The van der Waals surface area contributed by atoms with Crippen LogP contribution < -0.4 is 10.5 Å². The molecule has 0 saturated heterocycles. The van der Waals surface area contributed by atoms with E-state index < -0.39 is 4.92 Å². The van der Waals surface area contributed by atoms with Crippen molar-refractivity contribution in [2.75, 3.05) is 19.8 Å². The van der Waals surface area contributed by atoms with Gasteiger partial charge in [0.1, 0.15) is 6.61 Å². The van der Waals surface area contributed by atoms with Gasteiger partial charge >= 0.3 is 5.69 Å². The molecule has 0 fully saturated rings. The van der Waals surface area contributed by atoms with Crippen molar-refractivity contribution in [3.05, 3.63) is 33.9 Å². The zero-order valence-corrected chi connectivity index (χ0v) is 9.72. The smallest absolute Gasteiger partial charge is 0.310 e. The Hall–Kier alpha value is -1.66. The van der Waals surface area contributed by atoms with Crippen LogP contribution in [0.4, 0.5) is 5.69 Å². The van der Waals surface area contributed by atoms with E-state index in [1.807, 2.05) is 6.92 Å². The Balaban J connectivity index is 2.75. The molecule has 0 radical (unpaired) electrons. The third kappa shape index (κ3) is 4.01. The number of ether oxygens (including phenoxy) is 2. The van der Waals surface area contributed by atoms with Crippen LogP contribution in [-0.4, -0.2) is 24.7 Å². The molecule has 0 aliphatic rings. The molecule has 0 saturated carbocycles. The number of rotatable bonds is 7. The third-order valence-electron chi connectivity index (χ3n) is 2.15. The molecule has 1 rings (SSSR count). The normalized spacial score (nSPS) is 10.2. The molecular formula is C11H16N2O4. The number of hydrogen-bond acceptors (Lipinski definition) is 5. The fourth-order valence-electron chi connectivity index (χ4n) is 1.31. The predicted octanol–water partition coefficient (Wildman–Crippen LogP) is 1.47. The highest BCUT2D eigenvalue weighted by molar-refractivity contribution is 5.48. The highest BCUT2D eigenvalue weighted by atomic mass is 16.6. The number of nitro benzene ring substituents is 1. The summed E-state index contributed by atoms with van der Waals surface area (Å²) in [5, 5.41) is 10.8. The largest absolute Gasteiger partial charge is 0.484 e. The fourth-order valence-corrected chi connectivity index (χ4v) is 1.31. The zero-order chi connectivity index (χ0) is 12.7. The molecule has 0 aliphatic heterocycles. The van der Waals surface area contributed by atoms with Gasteiger partial charge < -0.3 is 15.2 Å². The molecule has 6 nitrogen and oxygen atoms in total. The Labute approximate surface area is 99.5 Å². The summed E-state index contributed by atoms with van der Waals surface area (Å²) in [6.07, 6.45) is 0. The molecule has 94 valence electrons. The lowest BCUT2D eigenvalue weighted by Crippen LogP contribution is -2.08. The van der Waals surface area contributed by atoms with E-state index in [2.05, 4.69) is 0 Å². The number of benzene rings is 1. The summed E-state index contributed by atoms with van der Waals surface area (Å²) in [6, 6.07) is 4.61. The first-order chi connectivity index (χ1) is 8.19. The Bertz CT molecular complexity index is 382. The fraction of sp³-hybridized carbons (Fsp3) is 0.455. The van der Waals surface area contributed by atoms with E-state index in [0.29, 0.717) is 19.8 Å². The molecule has 6 heteroatoms. The highest BCUT2D eigenvalue weighted by Gasteiger charge is 2.15. The van der Waals surface area contributed by atoms with E-state index in [9.17, 15) is 10.1 Å². The van der Waals surface area contributed by atoms with Crippen molar-refractivity contribution >= 4 is 5.69 Å². The Morgan fingerprint density at radius 1 is 1.41 bits per heavy atom. The van der Waals surface area contributed by atoms with Crippen molar-refractivity contribution in [3.63, 3.8) is 0 Å². The summed E-state index contributed by atoms with van der Waals surface area (Å²) in [6.45, 7) is 3.47. The molecular weight excluding hydrogens is 224 g/mol. The van der Waals surface area contributed by atoms with Crippen molar-refractivity contribution < 1.29 is 14.4 Å². The van der Waals surface area contributed by atoms with E-state index in [1.165, 1.54) is 6.07 Å². The van der Waals surface area contributed by atoms with Crippen LogP contribution in [-0.2, 0) is 11.3 Å². The maximum Gasteiger partial charge on any atom is 0.310 e. The molecule has 0 bridgehead atoms. The van der Waals surface area contributed by atoms with Crippen LogP contribution in [0.15, 0.2) is 18.2 Å². The second-order valence-corrected chi connectivity index (χ2v) is 3.31. The van der Waals surface area contributed by atoms with Crippen molar-refractivity contribution in [2.45, 2.75) is 13.5 Å². The predicted molar refractivity (Wildman–Crippen MR) is 63.0 cm³/mol. The molecule has 0 atom stereocenters. The summed E-state index contributed by atoms with van der Waals surface area (Å²) in [4.78, 5) is 10.3. The lowest BCUT2D eigenvalue weighted by Gasteiger charge is -2.08. The quantitative estimate of drug-likeness (QED) is 0.443. The SMILES string of the molecule is CCOCCOc1cc(CN)ccc1[N+](=O)[O-]. The van der Waals surface area contributed by atoms with Crippen LogP contribution in [0.5, 0.6) is 5.75 Å². The first kappa shape index (κ1) is 13.4. The maximum atomic E-state index is 10.8. The lowest BCUT2D eigenvalue weighted by molar-refractivity contribution is -0.385. The van der Waals surface area contributed by atoms with Gasteiger partial charge in [-0.25, -0.2) is 0 Å². The van der Waals surface area contributed by atoms with Gasteiger partial charge in [-0.3, -0.25) is 10.1 Å². The van der Waals surface area contributed by atoms with E-state index in [-0.39, 0.29) is 18.0 Å². The van der Waals surface area contributed by atoms with Crippen molar-refractivity contribution in [3.8, 4) is 5.75 Å². The van der Waals surface area contributed by atoms with Gasteiger partial charge in [0.15, 0.2) is 5.75 Å². The van der Waals surface area contributed by atoms with Gasteiger partial charge in [-0.05, 0) is 18.6 Å². The second-order valence-electron chi connectivity index (χ2n) is 3.31. The van der Waals surface area contributed by atoms with Crippen LogP contribution in [0.1, 0.15) is 12.5 Å². The Morgan fingerprint density at radius 3 is 2.76 bits per heavy atom. The Morgan fingerprint density at radius 2 is 2.18 bits per heavy atom. The summed E-state index contributed by atoms with van der Waals surface area (Å²) in [5.74, 6) is 0.234. The van der Waals surface area contributed by atoms with Gasteiger partial charge in [0.2, 0.25) is 0 Å². The van der Waals surface area contributed by atoms with Crippen LogP contribution in [0.3, 0.4) is 0 Å². The molecule has 1 aromatic carbocycles. The van der Waals surface area contributed by atoms with E-state index >= 15 is 0 Å². The van der Waals surface area contributed by atoms with Gasteiger partial charge in [0.25, 0.3) is 0 Å². The minimum absolute atomic E-state index is 0.0568. The second kappa shape index (κ2) is 6.82. The van der Waals surface area contributed by atoms with Gasteiger partial charge in [-0.15, -0.1) is 0 Å². The van der Waals surface area contributed by atoms with E-state index in [0.717, 1.165) is 5.56 Å². The standard InChI is InChI=1S/C11H16N2O4/c1-2-16-5-6-17-11-7-9(8-12)3-4-10(11)13(14)15/h3-4,7H,2,5-6,8,12H2,1H3. The van der Waals surface area contributed by atoms with Gasteiger partial charge in [0, 0.05) is 19.2 Å². The van der Waals surface area contributed by atoms with Gasteiger partial charge in [-0.1, -0.05) is 6.07 Å². The van der Waals surface area contributed by atoms with Gasteiger partial charge in [-0.2, -0.15) is 0 Å². The van der Waals surface area contributed by atoms with Crippen molar-refractivity contribution in [1.29, 1.82) is 0 Å². The number of nitrogens with two attached hydrogens (primary N) is 1. The molecule has 17 heavy (non-hydrogen) atoms. The molecule has 0 spiro atoms. The minimum Gasteiger partial charge on any atom is -0.484 e. The molecule has 0 amide bonds. The number of nitro groups is 1. The van der Waals surface area contributed by atoms with Crippen LogP contribution >= 0.6 is 0 Å². The Kier molecular flexibility index (Phi) is 5.38. The van der Waals surface area contributed by atoms with E-state index in [4.69, 9.17) is 15.2 Å². The molecule has 0 unspecified atom stereocenters. The average Bonchev–Trinajstić information content (AvgIpc) is 2.34. The van der Waals surface area contributed by atoms with Crippen LogP contribution in [0.2, 0.25) is 0 Å². The van der Waals surface area contributed by atoms with Crippen molar-refractivity contribution in [1.82, 2.24) is 0 Å². The third-order valence-corrected chi connectivity index (χ3v) is 2.15. The summed E-state index contributed by atoms with van der Waals surface area (Å²) in [5.41, 5.74) is 6.21. The number of hydrogen-bond donors (Lipinski definition) is 1. The maximum absolute atomic E-state index is 10.8. The summed E-state index contributed by atoms with van der Waals surface area (Å²) in [7, 11) is 0. The average molecular weight is 240 g/mol. The van der Waals surface area contributed by atoms with Crippen molar-refractivity contribution in [2.24, 2.45) is 5.73 Å². The monoisotopic (exact) mass is 240 g/mol. The first-order valence-electron chi connectivity index (χ1n) is 5.37. The zero-order valence-electron chi connectivity index (χ0n) is 9.72. The molecule has 0 heterocycles. The molecule has 0 aliphatic carbocycles. The molecule has 1 aromatic rings. The van der Waals surface area contributed by atoms with Crippen LogP contribution in [0, 0.1) is 10.1 Å². The van der Waals surface area contributed by atoms with Gasteiger partial charge in [0.05, 0.1) is 11.5 Å². The van der Waals surface area contributed by atoms with Crippen LogP contribution in [0.25, 0.3) is 0 Å². The van der Waals surface area contributed by atoms with E-state index in [1.54, 1.807) is 12.1 Å². The topological polar surface area (TPSA) is 87.6 Å². The summed E-state index contributed by atoms with van der Waals surface area (Å²) >= 11 is 0. The molecule has 2 N–H and O–H groups in total. The lowest BCUT2D eigenvalue weighted by atomic mass is 10.2. The highest BCUT2D eigenvalue weighted by Crippen LogP contribution is 2.27. The first-order valence-corrected chi connectivity index (χ1v) is 5.37. The number of nitrogens with zero attached hydrogens (tertiary/aromatic N) is 1. The minimum atomic E-state index is -0.476. The summed E-state index contributed by atoms with van der Waals surface area (Å²) < 4.78 is 10.4. The molecule has 0 aromatic heterocycles.